The van der Waals surface area contributed by atoms with E-state index in [-0.39, 0.29) is 11.9 Å². The summed E-state index contributed by atoms with van der Waals surface area (Å²) in [5, 5.41) is 10.6. The molecular formula is C21H23N3O3S. The first-order valence-electron chi connectivity index (χ1n) is 9.02. The molecule has 0 fully saturated rings. The van der Waals surface area contributed by atoms with Crippen LogP contribution >= 0.6 is 11.8 Å². The van der Waals surface area contributed by atoms with Gasteiger partial charge in [-0.1, -0.05) is 22.3 Å². The quantitative estimate of drug-likeness (QED) is 0.431. The summed E-state index contributed by atoms with van der Waals surface area (Å²) in [4.78, 5) is 13.2. The summed E-state index contributed by atoms with van der Waals surface area (Å²) < 4.78 is 10.7. The van der Waals surface area contributed by atoms with Gasteiger partial charge >= 0.3 is 6.01 Å². The number of hydrogen-bond donors (Lipinski definition) is 1. The molecule has 1 heterocycles. The monoisotopic (exact) mass is 397 g/mol. The maximum atomic E-state index is 12.1. The fraction of sp³-hybridized carbons (Fsp3) is 0.286. The van der Waals surface area contributed by atoms with E-state index in [0.29, 0.717) is 12.3 Å². The molecule has 6 nitrogen and oxygen atoms in total. The lowest BCUT2D eigenvalue weighted by atomic mass is 10.1. The molecule has 3 rings (SSSR count). The number of carbonyl (C=O) groups excluding carboxylic acids is 1. The first-order valence-corrected chi connectivity index (χ1v) is 10.0. The highest BCUT2D eigenvalue weighted by Gasteiger charge is 2.12. The fourth-order valence-corrected chi connectivity index (χ4v) is 3.62. The predicted octanol–water partition coefficient (Wildman–Crippen LogP) is 4.87. The Hall–Kier alpha value is -2.80. The van der Waals surface area contributed by atoms with Crippen LogP contribution in [-0.2, 0) is 4.79 Å². The smallest absolute Gasteiger partial charge is 0.322 e. The molecule has 146 valence electrons. The number of rotatable bonds is 8. The van der Waals surface area contributed by atoms with Crippen LogP contribution in [0.3, 0.4) is 0 Å². The number of amides is 1. The molecule has 0 bridgehead atoms. The Morgan fingerprint density at radius 2 is 1.82 bits per heavy atom. The standard InChI is InChI=1S/C21H23N3O3S/c1-14-11-15(2)13-16(12-14)20-23-24-21(27-20)22-19(25)5-4-10-28-18-8-6-17(26-3)7-9-18/h6-9,11-13H,4-5,10H2,1-3H3,(H,22,24,25). The molecule has 0 aliphatic rings. The number of methoxy groups -OCH3 is 1. The minimum absolute atomic E-state index is 0.127. The average Bonchev–Trinajstić information content (AvgIpc) is 3.13. The summed E-state index contributed by atoms with van der Waals surface area (Å²) in [5.74, 6) is 1.95. The van der Waals surface area contributed by atoms with Crippen LogP contribution in [0.5, 0.6) is 5.75 Å². The first kappa shape index (κ1) is 19.9. The second kappa shape index (κ2) is 9.41. The van der Waals surface area contributed by atoms with Gasteiger partial charge in [0.25, 0.3) is 0 Å². The number of aryl methyl sites for hydroxylation is 2. The molecule has 1 amide bonds. The predicted molar refractivity (Wildman–Crippen MR) is 111 cm³/mol. The Morgan fingerprint density at radius 3 is 2.50 bits per heavy atom. The van der Waals surface area contributed by atoms with E-state index in [1.807, 2.05) is 50.2 Å². The number of aromatic nitrogens is 2. The van der Waals surface area contributed by atoms with Crippen molar-refractivity contribution in [3.63, 3.8) is 0 Å². The number of benzene rings is 2. The number of hydrogen-bond acceptors (Lipinski definition) is 6. The van der Waals surface area contributed by atoms with Gasteiger partial charge in [0.2, 0.25) is 11.8 Å². The third-order valence-electron chi connectivity index (χ3n) is 4.02. The zero-order chi connectivity index (χ0) is 19.9. The molecule has 0 aliphatic heterocycles. The number of thioether (sulfide) groups is 1. The molecule has 28 heavy (non-hydrogen) atoms. The number of carbonyl (C=O) groups is 1. The van der Waals surface area contributed by atoms with Gasteiger partial charge in [0, 0.05) is 16.9 Å². The van der Waals surface area contributed by atoms with Gasteiger partial charge < -0.3 is 9.15 Å². The second-order valence-electron chi connectivity index (χ2n) is 6.46. The number of nitrogens with zero attached hydrogens (tertiary/aromatic N) is 2. The molecule has 0 atom stereocenters. The fourth-order valence-electron chi connectivity index (χ4n) is 2.77. The Labute approximate surface area is 168 Å². The minimum Gasteiger partial charge on any atom is -0.497 e. The van der Waals surface area contributed by atoms with Crippen LogP contribution in [0.15, 0.2) is 51.8 Å². The normalized spacial score (nSPS) is 10.7. The van der Waals surface area contributed by atoms with Crippen LogP contribution < -0.4 is 10.1 Å². The van der Waals surface area contributed by atoms with Crippen LogP contribution in [0.2, 0.25) is 0 Å². The van der Waals surface area contributed by atoms with E-state index >= 15 is 0 Å². The third-order valence-corrected chi connectivity index (χ3v) is 5.11. The topological polar surface area (TPSA) is 77.2 Å². The molecule has 0 saturated carbocycles. The van der Waals surface area contributed by atoms with Gasteiger partial charge in [-0.2, -0.15) is 0 Å². The number of ether oxygens (including phenoxy) is 1. The lowest BCUT2D eigenvalue weighted by Crippen LogP contribution is -2.11. The van der Waals surface area contributed by atoms with Crippen molar-refractivity contribution in [2.45, 2.75) is 31.6 Å². The molecule has 0 aliphatic carbocycles. The SMILES string of the molecule is COc1ccc(SCCCC(=O)Nc2nnc(-c3cc(C)cc(C)c3)o2)cc1. The van der Waals surface area contributed by atoms with E-state index in [4.69, 9.17) is 9.15 Å². The highest BCUT2D eigenvalue weighted by atomic mass is 32.2. The van der Waals surface area contributed by atoms with Gasteiger partial charge in [-0.15, -0.1) is 16.9 Å². The van der Waals surface area contributed by atoms with Gasteiger partial charge in [0.05, 0.1) is 7.11 Å². The molecule has 1 aromatic heterocycles. The molecule has 0 radical (unpaired) electrons. The molecule has 2 aromatic carbocycles. The minimum atomic E-state index is -0.133. The van der Waals surface area contributed by atoms with Gasteiger partial charge in [0.15, 0.2) is 0 Å². The molecule has 1 N–H and O–H groups in total. The van der Waals surface area contributed by atoms with Gasteiger partial charge in [-0.05, 0) is 62.4 Å². The van der Waals surface area contributed by atoms with E-state index in [1.54, 1.807) is 18.9 Å². The van der Waals surface area contributed by atoms with E-state index in [1.165, 1.54) is 0 Å². The van der Waals surface area contributed by atoms with Crippen molar-refractivity contribution in [2.75, 3.05) is 18.2 Å². The van der Waals surface area contributed by atoms with Crippen molar-refractivity contribution in [3.05, 3.63) is 53.6 Å². The number of anilines is 1. The zero-order valence-corrected chi connectivity index (χ0v) is 17.0. The van der Waals surface area contributed by atoms with Crippen LogP contribution in [-0.4, -0.2) is 29.0 Å². The summed E-state index contributed by atoms with van der Waals surface area (Å²) in [7, 11) is 1.65. The molecule has 7 heteroatoms. The van der Waals surface area contributed by atoms with Gasteiger partial charge in [-0.3, -0.25) is 10.1 Å². The highest BCUT2D eigenvalue weighted by Crippen LogP contribution is 2.24. The summed E-state index contributed by atoms with van der Waals surface area (Å²) in [5.41, 5.74) is 3.09. The lowest BCUT2D eigenvalue weighted by molar-refractivity contribution is -0.116. The van der Waals surface area contributed by atoms with Gasteiger partial charge in [-0.25, -0.2) is 0 Å². The van der Waals surface area contributed by atoms with E-state index in [2.05, 4.69) is 21.6 Å². The molecular weight excluding hydrogens is 374 g/mol. The third kappa shape index (κ3) is 5.60. The van der Waals surface area contributed by atoms with Crippen molar-refractivity contribution in [1.29, 1.82) is 0 Å². The largest absolute Gasteiger partial charge is 0.497 e. The first-order chi connectivity index (χ1) is 13.5. The van der Waals surface area contributed by atoms with Crippen molar-refractivity contribution in [2.24, 2.45) is 0 Å². The zero-order valence-electron chi connectivity index (χ0n) is 16.2. The highest BCUT2D eigenvalue weighted by molar-refractivity contribution is 7.99. The van der Waals surface area contributed by atoms with Crippen LogP contribution in [0.4, 0.5) is 6.01 Å². The molecule has 0 unspecified atom stereocenters. The summed E-state index contributed by atoms with van der Waals surface area (Å²) in [6.45, 7) is 4.03. The molecule has 3 aromatic rings. The van der Waals surface area contributed by atoms with Crippen LogP contribution in [0.25, 0.3) is 11.5 Å². The lowest BCUT2D eigenvalue weighted by Gasteiger charge is -2.04. The summed E-state index contributed by atoms with van der Waals surface area (Å²) >= 11 is 1.70. The average molecular weight is 398 g/mol. The molecule has 0 spiro atoms. The Bertz CT molecular complexity index is 918. The maximum Gasteiger partial charge on any atom is 0.322 e. The van der Waals surface area contributed by atoms with E-state index in [9.17, 15) is 4.79 Å². The van der Waals surface area contributed by atoms with Crippen LogP contribution in [0, 0.1) is 13.8 Å². The van der Waals surface area contributed by atoms with E-state index < -0.39 is 0 Å². The number of nitrogens with one attached hydrogen (secondary N) is 1. The second-order valence-corrected chi connectivity index (χ2v) is 7.63. The van der Waals surface area contributed by atoms with Crippen molar-refractivity contribution in [3.8, 4) is 17.2 Å². The summed E-state index contributed by atoms with van der Waals surface area (Å²) in [6.07, 6.45) is 1.14. The molecule has 0 saturated heterocycles. The Kier molecular flexibility index (Phi) is 6.71. The van der Waals surface area contributed by atoms with Crippen molar-refractivity contribution >= 4 is 23.7 Å². The van der Waals surface area contributed by atoms with E-state index in [0.717, 1.165) is 39.5 Å². The van der Waals surface area contributed by atoms with Crippen LogP contribution in [0.1, 0.15) is 24.0 Å². The summed E-state index contributed by atoms with van der Waals surface area (Å²) in [6, 6.07) is 14.0. The maximum absolute atomic E-state index is 12.1. The van der Waals surface area contributed by atoms with Crippen molar-refractivity contribution in [1.82, 2.24) is 10.2 Å². The Balaban J connectivity index is 1.45. The van der Waals surface area contributed by atoms with Crippen molar-refractivity contribution < 1.29 is 13.9 Å². The van der Waals surface area contributed by atoms with Gasteiger partial charge in [0.1, 0.15) is 5.75 Å². The Morgan fingerprint density at radius 1 is 1.11 bits per heavy atom.